The van der Waals surface area contributed by atoms with Gasteiger partial charge in [0.2, 0.25) is 0 Å². The summed E-state index contributed by atoms with van der Waals surface area (Å²) >= 11 is 0. The third kappa shape index (κ3) is 2.15. The van der Waals surface area contributed by atoms with Gasteiger partial charge >= 0.3 is 5.97 Å². The minimum Gasteiger partial charge on any atom is -0.481 e. The number of carbonyl (C=O) groups is 1. The molecule has 0 bridgehead atoms. The Morgan fingerprint density at radius 1 is 1.41 bits per heavy atom. The van der Waals surface area contributed by atoms with Gasteiger partial charge in [-0.15, -0.1) is 0 Å². The van der Waals surface area contributed by atoms with Crippen LogP contribution in [0.3, 0.4) is 0 Å². The highest BCUT2D eigenvalue weighted by Crippen LogP contribution is 2.38. The van der Waals surface area contributed by atoms with Crippen LogP contribution < -0.4 is 0 Å². The fourth-order valence-corrected chi connectivity index (χ4v) is 2.33. The smallest absolute Gasteiger partial charge is 0.315 e. The second-order valence-corrected chi connectivity index (χ2v) is 4.48. The lowest BCUT2D eigenvalue weighted by atomic mass is 9.71. The van der Waals surface area contributed by atoms with Crippen molar-refractivity contribution in [3.8, 4) is 0 Å². The zero-order valence-corrected chi connectivity index (χ0v) is 9.27. The number of rotatable bonds is 2. The van der Waals surface area contributed by atoms with E-state index in [0.29, 0.717) is 31.4 Å². The number of aliphatic hydroxyl groups excluding tert-OH is 1. The van der Waals surface area contributed by atoms with E-state index in [0.717, 1.165) is 6.20 Å². The molecule has 0 unspecified atom stereocenters. The van der Waals surface area contributed by atoms with Crippen molar-refractivity contribution in [2.45, 2.75) is 37.2 Å². The number of carboxylic acid groups (broad SMARTS) is 1. The van der Waals surface area contributed by atoms with Crippen LogP contribution in [0, 0.1) is 5.82 Å². The molecule has 1 heterocycles. The van der Waals surface area contributed by atoms with Crippen molar-refractivity contribution in [1.82, 2.24) is 4.98 Å². The molecule has 1 aliphatic rings. The summed E-state index contributed by atoms with van der Waals surface area (Å²) in [6.45, 7) is 0. The van der Waals surface area contributed by atoms with Gasteiger partial charge in [-0.3, -0.25) is 9.78 Å². The number of aliphatic carboxylic acids is 1. The first-order valence-electron chi connectivity index (χ1n) is 5.58. The van der Waals surface area contributed by atoms with Crippen LogP contribution in [0.5, 0.6) is 0 Å². The third-order valence-electron chi connectivity index (χ3n) is 3.44. The fourth-order valence-electron chi connectivity index (χ4n) is 2.33. The predicted octanol–water partition coefficient (Wildman–Crippen LogP) is 1.48. The summed E-state index contributed by atoms with van der Waals surface area (Å²) in [7, 11) is 0. The lowest BCUT2D eigenvalue weighted by Crippen LogP contribution is -2.41. The number of aromatic nitrogens is 1. The molecular weight excluding hydrogens is 225 g/mol. The second-order valence-electron chi connectivity index (χ2n) is 4.48. The topological polar surface area (TPSA) is 70.4 Å². The molecule has 1 aromatic heterocycles. The van der Waals surface area contributed by atoms with Crippen molar-refractivity contribution in [1.29, 1.82) is 0 Å². The van der Waals surface area contributed by atoms with Gasteiger partial charge < -0.3 is 10.2 Å². The van der Waals surface area contributed by atoms with Crippen LogP contribution in [0.25, 0.3) is 0 Å². The quantitative estimate of drug-likeness (QED) is 0.820. The molecule has 2 N–H and O–H groups in total. The number of hydrogen-bond acceptors (Lipinski definition) is 3. The van der Waals surface area contributed by atoms with Gasteiger partial charge in [0.15, 0.2) is 0 Å². The van der Waals surface area contributed by atoms with Crippen molar-refractivity contribution in [3.05, 3.63) is 29.8 Å². The summed E-state index contributed by atoms with van der Waals surface area (Å²) in [5.41, 5.74) is -0.703. The minimum absolute atomic E-state index is 0.335. The van der Waals surface area contributed by atoms with E-state index in [1.165, 1.54) is 12.1 Å². The molecule has 0 aliphatic heterocycles. The number of aliphatic hydroxyl groups is 1. The van der Waals surface area contributed by atoms with Crippen LogP contribution in [0.4, 0.5) is 4.39 Å². The molecule has 92 valence electrons. The van der Waals surface area contributed by atoms with Crippen molar-refractivity contribution in [3.63, 3.8) is 0 Å². The molecule has 0 radical (unpaired) electrons. The van der Waals surface area contributed by atoms with Crippen LogP contribution in [-0.4, -0.2) is 27.3 Å². The first-order valence-corrected chi connectivity index (χ1v) is 5.58. The first-order chi connectivity index (χ1) is 8.04. The van der Waals surface area contributed by atoms with Gasteiger partial charge in [-0.2, -0.15) is 0 Å². The Kier molecular flexibility index (Phi) is 3.11. The van der Waals surface area contributed by atoms with E-state index in [4.69, 9.17) is 0 Å². The minimum atomic E-state index is -1.08. The predicted molar refractivity (Wildman–Crippen MR) is 58.0 cm³/mol. The highest BCUT2D eigenvalue weighted by Gasteiger charge is 2.44. The SMILES string of the molecule is O=C(O)C1(c2ccc(F)cn2)CCC(O)CC1. The van der Waals surface area contributed by atoms with Crippen LogP contribution in [0.1, 0.15) is 31.4 Å². The molecule has 0 saturated heterocycles. The summed E-state index contributed by atoms with van der Waals surface area (Å²) < 4.78 is 12.8. The Labute approximate surface area is 98.1 Å². The molecule has 4 nitrogen and oxygen atoms in total. The van der Waals surface area contributed by atoms with E-state index in [1.54, 1.807) is 0 Å². The maximum absolute atomic E-state index is 12.8. The number of carboxylic acids is 1. The summed E-state index contributed by atoms with van der Waals surface area (Å²) in [6, 6.07) is 2.64. The first kappa shape index (κ1) is 12.0. The second kappa shape index (κ2) is 4.41. The number of pyridine rings is 1. The van der Waals surface area contributed by atoms with Crippen molar-refractivity contribution < 1.29 is 19.4 Å². The van der Waals surface area contributed by atoms with Gasteiger partial charge in [0.05, 0.1) is 18.0 Å². The van der Waals surface area contributed by atoms with Gasteiger partial charge in [0, 0.05) is 0 Å². The van der Waals surface area contributed by atoms with E-state index in [2.05, 4.69) is 4.98 Å². The average Bonchev–Trinajstić information content (AvgIpc) is 2.31. The Morgan fingerprint density at radius 2 is 2.06 bits per heavy atom. The lowest BCUT2D eigenvalue weighted by Gasteiger charge is -2.34. The Morgan fingerprint density at radius 3 is 2.53 bits per heavy atom. The molecule has 1 fully saturated rings. The standard InChI is InChI=1S/C12H14FNO3/c13-8-1-2-10(14-7-8)12(11(16)17)5-3-9(15)4-6-12/h1-2,7,9,15H,3-6H2,(H,16,17). The average molecular weight is 239 g/mol. The van der Waals surface area contributed by atoms with Gasteiger partial charge in [-0.25, -0.2) is 4.39 Å². The molecule has 1 aliphatic carbocycles. The summed E-state index contributed by atoms with van der Waals surface area (Å²) in [4.78, 5) is 15.3. The van der Waals surface area contributed by atoms with Crippen molar-refractivity contribution in [2.24, 2.45) is 0 Å². The Bertz CT molecular complexity index is 410. The molecule has 17 heavy (non-hydrogen) atoms. The van der Waals surface area contributed by atoms with E-state index in [9.17, 15) is 19.4 Å². The van der Waals surface area contributed by atoms with Crippen LogP contribution in [-0.2, 0) is 10.2 Å². The number of nitrogens with zero attached hydrogens (tertiary/aromatic N) is 1. The van der Waals surface area contributed by atoms with Crippen LogP contribution in [0.2, 0.25) is 0 Å². The summed E-state index contributed by atoms with van der Waals surface area (Å²) in [5, 5.41) is 18.8. The van der Waals surface area contributed by atoms with Crippen LogP contribution in [0.15, 0.2) is 18.3 Å². The molecule has 0 aromatic carbocycles. The molecule has 1 aromatic rings. The van der Waals surface area contributed by atoms with E-state index < -0.39 is 23.3 Å². The van der Waals surface area contributed by atoms with Gasteiger partial charge in [-0.05, 0) is 37.8 Å². The van der Waals surface area contributed by atoms with E-state index >= 15 is 0 Å². The molecule has 0 amide bonds. The monoisotopic (exact) mass is 239 g/mol. The number of halogens is 1. The lowest BCUT2D eigenvalue weighted by molar-refractivity contribution is -0.146. The van der Waals surface area contributed by atoms with Gasteiger partial charge in [0.1, 0.15) is 11.2 Å². The Hall–Kier alpha value is -1.49. The maximum Gasteiger partial charge on any atom is 0.315 e. The molecule has 1 saturated carbocycles. The third-order valence-corrected chi connectivity index (χ3v) is 3.44. The number of hydrogen-bond donors (Lipinski definition) is 2. The molecular formula is C12H14FNO3. The largest absolute Gasteiger partial charge is 0.481 e. The zero-order chi connectivity index (χ0) is 12.5. The van der Waals surface area contributed by atoms with Crippen molar-refractivity contribution >= 4 is 5.97 Å². The molecule has 2 rings (SSSR count). The maximum atomic E-state index is 12.8. The molecule has 0 atom stereocenters. The van der Waals surface area contributed by atoms with E-state index in [-0.39, 0.29) is 0 Å². The summed E-state index contributed by atoms with van der Waals surface area (Å²) in [5.74, 6) is -1.44. The molecule has 0 spiro atoms. The molecule has 5 heteroatoms. The Balaban J connectivity index is 2.35. The van der Waals surface area contributed by atoms with Gasteiger partial charge in [-0.1, -0.05) is 0 Å². The normalized spacial score (nSPS) is 28.9. The van der Waals surface area contributed by atoms with Crippen molar-refractivity contribution in [2.75, 3.05) is 0 Å². The summed E-state index contributed by atoms with van der Waals surface area (Å²) in [6.07, 6.45) is 2.13. The van der Waals surface area contributed by atoms with E-state index in [1.807, 2.05) is 0 Å². The highest BCUT2D eigenvalue weighted by molar-refractivity contribution is 5.80. The highest BCUT2D eigenvalue weighted by atomic mass is 19.1. The zero-order valence-electron chi connectivity index (χ0n) is 9.27. The fraction of sp³-hybridized carbons (Fsp3) is 0.500. The van der Waals surface area contributed by atoms with Gasteiger partial charge in [0.25, 0.3) is 0 Å². The van der Waals surface area contributed by atoms with Crippen LogP contribution >= 0.6 is 0 Å².